The Morgan fingerprint density at radius 2 is 2.00 bits per heavy atom. The predicted molar refractivity (Wildman–Crippen MR) is 66.8 cm³/mol. The van der Waals surface area contributed by atoms with Gasteiger partial charge in [-0.25, -0.2) is 4.98 Å². The van der Waals surface area contributed by atoms with E-state index in [4.69, 9.17) is 0 Å². The van der Waals surface area contributed by atoms with Gasteiger partial charge in [0.05, 0.1) is 0 Å². The lowest BCUT2D eigenvalue weighted by Gasteiger charge is -2.15. The molecule has 0 aromatic carbocycles. The summed E-state index contributed by atoms with van der Waals surface area (Å²) in [5.74, 6) is 2.86. The summed E-state index contributed by atoms with van der Waals surface area (Å²) < 4.78 is 4.39. The topological polar surface area (TPSA) is 37.8 Å². The molecule has 0 aliphatic heterocycles. The van der Waals surface area contributed by atoms with Crippen LogP contribution in [0.3, 0.4) is 0 Å². The Morgan fingerprint density at radius 1 is 1.31 bits per heavy atom. The summed E-state index contributed by atoms with van der Waals surface area (Å²) in [6.07, 6.45) is 7.79. The van der Waals surface area contributed by atoms with Crippen molar-refractivity contribution in [3.8, 4) is 0 Å². The van der Waals surface area contributed by atoms with E-state index in [9.17, 15) is 0 Å². The molecule has 4 heteroatoms. The summed E-state index contributed by atoms with van der Waals surface area (Å²) >= 11 is 1.54. The number of nitrogens with zero attached hydrogens (tertiary/aromatic N) is 2. The fourth-order valence-electron chi connectivity index (χ4n) is 2.31. The molecule has 1 aromatic rings. The van der Waals surface area contributed by atoms with Gasteiger partial charge in [0.25, 0.3) is 0 Å². The monoisotopic (exact) mass is 237 g/mol. The normalized spacial score (nSPS) is 20.4. The van der Waals surface area contributed by atoms with Crippen molar-refractivity contribution in [2.75, 3.05) is 5.32 Å². The molecule has 88 valence electrons. The lowest BCUT2D eigenvalue weighted by Crippen LogP contribution is -2.24. The van der Waals surface area contributed by atoms with Crippen molar-refractivity contribution in [2.24, 2.45) is 11.8 Å². The summed E-state index contributed by atoms with van der Waals surface area (Å²) in [6.45, 7) is 2.17. The zero-order chi connectivity index (χ0) is 11.0. The number of hydrogen-bond acceptors (Lipinski definition) is 4. The molecule has 0 saturated heterocycles. The predicted octanol–water partition coefficient (Wildman–Crippen LogP) is 3.09. The van der Waals surface area contributed by atoms with Crippen LogP contribution in [0.25, 0.3) is 0 Å². The molecule has 0 unspecified atom stereocenters. The van der Waals surface area contributed by atoms with Gasteiger partial charge >= 0.3 is 0 Å². The Morgan fingerprint density at radius 3 is 2.56 bits per heavy atom. The zero-order valence-electron chi connectivity index (χ0n) is 9.78. The third kappa shape index (κ3) is 2.37. The van der Waals surface area contributed by atoms with Gasteiger partial charge in [-0.05, 0) is 43.9 Å². The van der Waals surface area contributed by atoms with E-state index < -0.39 is 0 Å². The van der Waals surface area contributed by atoms with Gasteiger partial charge < -0.3 is 5.32 Å². The van der Waals surface area contributed by atoms with Gasteiger partial charge in [0.2, 0.25) is 5.13 Å². The second-order valence-electron chi connectivity index (χ2n) is 5.11. The molecule has 0 atom stereocenters. The molecule has 2 aliphatic rings. The minimum absolute atomic E-state index is 0.697. The van der Waals surface area contributed by atoms with Crippen molar-refractivity contribution in [3.05, 3.63) is 5.82 Å². The maximum atomic E-state index is 4.56. The minimum Gasteiger partial charge on any atom is -0.357 e. The molecule has 2 saturated carbocycles. The molecule has 2 aliphatic carbocycles. The molecule has 0 spiro atoms. The number of anilines is 1. The lowest BCUT2D eigenvalue weighted by atomic mass is 10.1. The van der Waals surface area contributed by atoms with Crippen LogP contribution in [0.5, 0.6) is 0 Å². The summed E-state index contributed by atoms with van der Waals surface area (Å²) in [5.41, 5.74) is 0. The van der Waals surface area contributed by atoms with Gasteiger partial charge in [0.1, 0.15) is 5.82 Å². The van der Waals surface area contributed by atoms with Crippen LogP contribution in [-0.2, 0) is 6.42 Å². The van der Waals surface area contributed by atoms with Crippen LogP contribution in [-0.4, -0.2) is 15.4 Å². The SMILES string of the molecule is CCCc1nsc(NC(C2CC2)C2CC2)n1. The zero-order valence-corrected chi connectivity index (χ0v) is 10.6. The average molecular weight is 237 g/mol. The van der Waals surface area contributed by atoms with Crippen LogP contribution in [0.4, 0.5) is 5.13 Å². The van der Waals surface area contributed by atoms with E-state index in [2.05, 4.69) is 21.6 Å². The number of nitrogens with one attached hydrogen (secondary N) is 1. The smallest absolute Gasteiger partial charge is 0.202 e. The first-order chi connectivity index (χ1) is 7.86. The van der Waals surface area contributed by atoms with E-state index in [0.29, 0.717) is 6.04 Å². The number of aromatic nitrogens is 2. The first kappa shape index (κ1) is 10.5. The molecule has 3 rings (SSSR count). The van der Waals surface area contributed by atoms with E-state index >= 15 is 0 Å². The van der Waals surface area contributed by atoms with Gasteiger partial charge in [-0.3, -0.25) is 0 Å². The average Bonchev–Trinajstić information content (AvgIpc) is 3.17. The largest absolute Gasteiger partial charge is 0.357 e. The summed E-state index contributed by atoms with van der Waals surface area (Å²) in [5, 5.41) is 4.67. The van der Waals surface area contributed by atoms with Crippen molar-refractivity contribution < 1.29 is 0 Å². The molecule has 2 fully saturated rings. The second-order valence-corrected chi connectivity index (χ2v) is 5.86. The summed E-state index contributed by atoms with van der Waals surface area (Å²) in [6, 6.07) is 0.697. The third-order valence-corrected chi connectivity index (χ3v) is 4.18. The van der Waals surface area contributed by atoms with Gasteiger partial charge in [-0.2, -0.15) is 4.37 Å². The second kappa shape index (κ2) is 4.32. The fourth-order valence-corrected chi connectivity index (χ4v) is 2.97. The van der Waals surface area contributed by atoms with E-state index in [1.54, 1.807) is 0 Å². The highest BCUT2D eigenvalue weighted by Gasteiger charge is 2.41. The van der Waals surface area contributed by atoms with Crippen LogP contribution < -0.4 is 5.32 Å². The van der Waals surface area contributed by atoms with Crippen molar-refractivity contribution >= 4 is 16.7 Å². The number of aryl methyl sites for hydroxylation is 1. The molecule has 0 amide bonds. The van der Waals surface area contributed by atoms with Gasteiger partial charge in [-0.1, -0.05) is 6.92 Å². The standard InChI is InChI=1S/C12H19N3S/c1-2-3-10-13-12(16-15-10)14-11(8-4-5-8)9-6-7-9/h8-9,11H,2-7H2,1H3,(H,13,14,15). The van der Waals surface area contributed by atoms with Crippen LogP contribution >= 0.6 is 11.5 Å². The molecule has 16 heavy (non-hydrogen) atoms. The molecular weight excluding hydrogens is 218 g/mol. The first-order valence-electron chi connectivity index (χ1n) is 6.46. The highest BCUT2D eigenvalue weighted by molar-refractivity contribution is 7.09. The van der Waals surface area contributed by atoms with E-state index in [1.807, 2.05) is 0 Å². The molecule has 1 N–H and O–H groups in total. The maximum Gasteiger partial charge on any atom is 0.202 e. The Bertz CT molecular complexity index is 343. The van der Waals surface area contributed by atoms with Crippen LogP contribution in [0.15, 0.2) is 0 Å². The summed E-state index contributed by atoms with van der Waals surface area (Å²) in [4.78, 5) is 4.56. The van der Waals surface area contributed by atoms with Crippen molar-refractivity contribution in [2.45, 2.75) is 51.5 Å². The highest BCUT2D eigenvalue weighted by Crippen LogP contribution is 2.45. The molecule has 3 nitrogen and oxygen atoms in total. The molecule has 1 heterocycles. The van der Waals surface area contributed by atoms with E-state index in [-0.39, 0.29) is 0 Å². The highest BCUT2D eigenvalue weighted by atomic mass is 32.1. The Hall–Kier alpha value is -0.640. The van der Waals surface area contributed by atoms with Gasteiger partial charge in [0.15, 0.2) is 0 Å². The van der Waals surface area contributed by atoms with Crippen molar-refractivity contribution in [1.82, 2.24) is 9.36 Å². The van der Waals surface area contributed by atoms with Crippen LogP contribution in [0.1, 0.15) is 44.9 Å². The first-order valence-corrected chi connectivity index (χ1v) is 7.23. The molecular formula is C12H19N3S. The maximum absolute atomic E-state index is 4.56. The molecule has 1 aromatic heterocycles. The van der Waals surface area contributed by atoms with E-state index in [0.717, 1.165) is 35.6 Å². The lowest BCUT2D eigenvalue weighted by molar-refractivity contribution is 0.567. The number of rotatable bonds is 6. The Kier molecular flexibility index (Phi) is 2.84. The van der Waals surface area contributed by atoms with Gasteiger partial charge in [0, 0.05) is 24.0 Å². The van der Waals surface area contributed by atoms with Gasteiger partial charge in [-0.15, -0.1) is 0 Å². The molecule has 0 radical (unpaired) electrons. The van der Waals surface area contributed by atoms with E-state index in [1.165, 1.54) is 37.2 Å². The summed E-state index contributed by atoms with van der Waals surface area (Å²) in [7, 11) is 0. The van der Waals surface area contributed by atoms with Crippen molar-refractivity contribution in [1.29, 1.82) is 0 Å². The molecule has 0 bridgehead atoms. The van der Waals surface area contributed by atoms with Crippen LogP contribution in [0, 0.1) is 11.8 Å². The van der Waals surface area contributed by atoms with Crippen molar-refractivity contribution in [3.63, 3.8) is 0 Å². The quantitative estimate of drug-likeness (QED) is 0.826. The third-order valence-electron chi connectivity index (χ3n) is 3.49. The van der Waals surface area contributed by atoms with Crippen LogP contribution in [0.2, 0.25) is 0 Å². The Balaban J connectivity index is 1.62. The Labute approximate surface area is 101 Å². The minimum atomic E-state index is 0.697. The fraction of sp³-hybridized carbons (Fsp3) is 0.833. The number of hydrogen-bond donors (Lipinski definition) is 1.